The van der Waals surface area contributed by atoms with Crippen LogP contribution in [0.25, 0.3) is 0 Å². The molecule has 0 aromatic carbocycles. The second-order valence-corrected chi connectivity index (χ2v) is 4.45. The molecule has 0 fully saturated rings. The van der Waals surface area contributed by atoms with Crippen molar-refractivity contribution >= 4 is 5.91 Å². The summed E-state index contributed by atoms with van der Waals surface area (Å²) >= 11 is 0. The summed E-state index contributed by atoms with van der Waals surface area (Å²) in [6, 6.07) is 5.51. The molecule has 1 amide bonds. The fourth-order valence-electron chi connectivity index (χ4n) is 1.62. The van der Waals surface area contributed by atoms with E-state index in [1.54, 1.807) is 18.5 Å². The topological polar surface area (TPSA) is 98.0 Å². The fourth-order valence-corrected chi connectivity index (χ4v) is 1.62. The van der Waals surface area contributed by atoms with Crippen LogP contribution >= 0.6 is 0 Å². The molecule has 0 spiro atoms. The Balaban J connectivity index is 2.33. The van der Waals surface area contributed by atoms with Crippen LogP contribution < -0.4 is 10.6 Å². The average molecular weight is 288 g/mol. The number of amides is 1. The van der Waals surface area contributed by atoms with Crippen molar-refractivity contribution in [2.45, 2.75) is 25.8 Å². The molecule has 0 saturated carbocycles. The van der Waals surface area contributed by atoms with Crippen LogP contribution in [0.1, 0.15) is 24.8 Å². The lowest BCUT2D eigenvalue weighted by atomic mass is 10.2. The van der Waals surface area contributed by atoms with Gasteiger partial charge < -0.3 is 15.7 Å². The fraction of sp³-hybridized carbons (Fsp3) is 0.400. The second-order valence-electron chi connectivity index (χ2n) is 4.45. The zero-order chi connectivity index (χ0) is 15.3. The summed E-state index contributed by atoms with van der Waals surface area (Å²) < 4.78 is 0. The number of nitriles is 1. The highest BCUT2D eigenvalue weighted by Gasteiger charge is 2.07. The number of nitrogens with one attached hydrogen (secondary N) is 2. The van der Waals surface area contributed by atoms with E-state index < -0.39 is 5.91 Å². The number of carbonyl (C=O) groups excluding carboxylic acids is 1. The van der Waals surface area contributed by atoms with Gasteiger partial charge in [-0.05, 0) is 30.9 Å². The lowest BCUT2D eigenvalue weighted by Crippen LogP contribution is -2.25. The first-order valence-corrected chi connectivity index (χ1v) is 6.89. The van der Waals surface area contributed by atoms with Crippen molar-refractivity contribution in [2.75, 3.05) is 13.2 Å². The van der Waals surface area contributed by atoms with Crippen molar-refractivity contribution in [3.05, 3.63) is 41.9 Å². The quantitative estimate of drug-likeness (QED) is 0.355. The minimum atomic E-state index is -0.413. The molecule has 112 valence electrons. The maximum atomic E-state index is 11.8. The molecular formula is C15H20N4O2. The van der Waals surface area contributed by atoms with Crippen molar-refractivity contribution < 1.29 is 9.90 Å². The molecule has 0 saturated heterocycles. The molecule has 1 aromatic heterocycles. The van der Waals surface area contributed by atoms with Crippen LogP contribution in [-0.4, -0.2) is 29.1 Å². The third kappa shape index (κ3) is 7.09. The molecule has 0 atom stereocenters. The molecule has 0 radical (unpaired) electrons. The van der Waals surface area contributed by atoms with Crippen LogP contribution in [0.3, 0.4) is 0 Å². The predicted octanol–water partition coefficient (Wildman–Crippen LogP) is 0.857. The third-order valence-electron chi connectivity index (χ3n) is 2.77. The maximum Gasteiger partial charge on any atom is 0.263 e. The van der Waals surface area contributed by atoms with Gasteiger partial charge in [0.15, 0.2) is 0 Å². The number of nitrogens with zero attached hydrogens (tertiary/aromatic N) is 2. The van der Waals surface area contributed by atoms with Gasteiger partial charge >= 0.3 is 0 Å². The first kappa shape index (κ1) is 16.7. The summed E-state index contributed by atoms with van der Waals surface area (Å²) in [5.41, 5.74) is 0.918. The van der Waals surface area contributed by atoms with Crippen molar-refractivity contribution in [1.82, 2.24) is 15.6 Å². The molecule has 6 nitrogen and oxygen atoms in total. The van der Waals surface area contributed by atoms with Gasteiger partial charge in [-0.2, -0.15) is 5.26 Å². The van der Waals surface area contributed by atoms with Gasteiger partial charge in [0.25, 0.3) is 5.91 Å². The van der Waals surface area contributed by atoms with E-state index in [0.717, 1.165) is 24.8 Å². The van der Waals surface area contributed by atoms with Gasteiger partial charge in [-0.1, -0.05) is 6.07 Å². The molecule has 0 bridgehead atoms. The summed E-state index contributed by atoms with van der Waals surface area (Å²) in [5, 5.41) is 23.2. The Hall–Kier alpha value is -2.39. The van der Waals surface area contributed by atoms with Crippen LogP contribution in [0, 0.1) is 11.3 Å². The Morgan fingerprint density at radius 3 is 2.95 bits per heavy atom. The lowest BCUT2D eigenvalue weighted by Gasteiger charge is -2.05. The van der Waals surface area contributed by atoms with Gasteiger partial charge in [-0.25, -0.2) is 0 Å². The largest absolute Gasteiger partial charge is 0.396 e. The van der Waals surface area contributed by atoms with Gasteiger partial charge in [-0.3, -0.25) is 9.78 Å². The molecule has 1 aromatic rings. The normalized spacial score (nSPS) is 10.8. The van der Waals surface area contributed by atoms with E-state index in [1.807, 2.05) is 12.1 Å². The molecule has 0 aliphatic heterocycles. The van der Waals surface area contributed by atoms with Gasteiger partial charge in [0.1, 0.15) is 11.6 Å². The van der Waals surface area contributed by atoms with E-state index in [2.05, 4.69) is 15.6 Å². The van der Waals surface area contributed by atoms with Gasteiger partial charge in [0, 0.05) is 38.3 Å². The first-order chi connectivity index (χ1) is 10.3. The van der Waals surface area contributed by atoms with E-state index in [9.17, 15) is 4.79 Å². The zero-order valence-corrected chi connectivity index (χ0v) is 11.9. The molecule has 6 heteroatoms. The van der Waals surface area contributed by atoms with Crippen LogP contribution in [0.2, 0.25) is 0 Å². The molecular weight excluding hydrogens is 268 g/mol. The Labute approximate surface area is 124 Å². The summed E-state index contributed by atoms with van der Waals surface area (Å²) in [4.78, 5) is 15.8. The van der Waals surface area contributed by atoms with Crippen LogP contribution in [0.5, 0.6) is 0 Å². The smallest absolute Gasteiger partial charge is 0.263 e. The minimum absolute atomic E-state index is 0.0426. The number of aliphatic hydroxyl groups excluding tert-OH is 1. The first-order valence-electron chi connectivity index (χ1n) is 6.89. The molecule has 1 rings (SSSR count). The average Bonchev–Trinajstić information content (AvgIpc) is 2.53. The van der Waals surface area contributed by atoms with E-state index in [0.29, 0.717) is 13.1 Å². The molecule has 0 unspecified atom stereocenters. The summed E-state index contributed by atoms with van der Waals surface area (Å²) in [6.45, 7) is 1.19. The number of hydrogen-bond donors (Lipinski definition) is 3. The number of carbonyl (C=O) groups is 1. The monoisotopic (exact) mass is 288 g/mol. The van der Waals surface area contributed by atoms with E-state index in [4.69, 9.17) is 10.4 Å². The number of hydrogen-bond acceptors (Lipinski definition) is 5. The van der Waals surface area contributed by atoms with Crippen molar-refractivity contribution in [3.8, 4) is 6.07 Å². The molecule has 21 heavy (non-hydrogen) atoms. The molecule has 1 heterocycles. The van der Waals surface area contributed by atoms with Crippen molar-refractivity contribution in [2.24, 2.45) is 0 Å². The molecule has 0 aliphatic carbocycles. The van der Waals surface area contributed by atoms with Crippen LogP contribution in [0.4, 0.5) is 0 Å². The van der Waals surface area contributed by atoms with Gasteiger partial charge in [0.05, 0.1) is 0 Å². The Bertz CT molecular complexity index is 494. The highest BCUT2D eigenvalue weighted by molar-refractivity contribution is 5.97. The Morgan fingerprint density at radius 1 is 1.43 bits per heavy atom. The Kier molecular flexibility index (Phi) is 8.26. The van der Waals surface area contributed by atoms with E-state index in [1.165, 1.54) is 6.20 Å². The van der Waals surface area contributed by atoms with Gasteiger partial charge in [-0.15, -0.1) is 0 Å². The minimum Gasteiger partial charge on any atom is -0.396 e. The number of unbranched alkanes of at least 4 members (excludes halogenated alkanes) is 2. The van der Waals surface area contributed by atoms with Crippen molar-refractivity contribution in [1.29, 1.82) is 5.26 Å². The SMILES string of the molecule is N#C/C(=C/NCCCCCO)C(=O)NCc1cccnc1. The number of aromatic nitrogens is 1. The summed E-state index contributed by atoms with van der Waals surface area (Å²) in [6.07, 6.45) is 7.31. The summed E-state index contributed by atoms with van der Waals surface area (Å²) in [5.74, 6) is -0.413. The highest BCUT2D eigenvalue weighted by atomic mass is 16.2. The van der Waals surface area contributed by atoms with Crippen LogP contribution in [-0.2, 0) is 11.3 Å². The maximum absolute atomic E-state index is 11.8. The highest BCUT2D eigenvalue weighted by Crippen LogP contribution is 1.97. The van der Waals surface area contributed by atoms with Crippen LogP contribution in [0.15, 0.2) is 36.3 Å². The number of pyridine rings is 1. The second kappa shape index (κ2) is 10.4. The van der Waals surface area contributed by atoms with Gasteiger partial charge in [0.2, 0.25) is 0 Å². The van der Waals surface area contributed by atoms with E-state index >= 15 is 0 Å². The number of aliphatic hydroxyl groups is 1. The lowest BCUT2D eigenvalue weighted by molar-refractivity contribution is -0.117. The third-order valence-corrected chi connectivity index (χ3v) is 2.77. The van der Waals surface area contributed by atoms with Crippen molar-refractivity contribution in [3.63, 3.8) is 0 Å². The van der Waals surface area contributed by atoms with E-state index in [-0.39, 0.29) is 12.2 Å². The summed E-state index contributed by atoms with van der Waals surface area (Å²) in [7, 11) is 0. The standard InChI is InChI=1S/C15H20N4O2/c16-9-14(12-18-6-2-1-3-8-20)15(21)19-11-13-5-4-7-17-10-13/h4-5,7,10,12,18,20H,1-3,6,8,11H2,(H,19,21)/b14-12-. The Morgan fingerprint density at radius 2 is 2.29 bits per heavy atom. The zero-order valence-electron chi connectivity index (χ0n) is 11.9. The number of rotatable bonds is 9. The predicted molar refractivity (Wildman–Crippen MR) is 78.7 cm³/mol. The molecule has 3 N–H and O–H groups in total. The molecule has 0 aliphatic rings.